The molecule has 1 unspecified atom stereocenters. The number of ether oxygens (including phenoxy) is 1. The Labute approximate surface area is 180 Å². The second-order valence-electron chi connectivity index (χ2n) is 6.97. The summed E-state index contributed by atoms with van der Waals surface area (Å²) in [4.78, 5) is 17.3. The Morgan fingerprint density at radius 1 is 1.22 bits per heavy atom. The zero-order chi connectivity index (χ0) is 22.8. The van der Waals surface area contributed by atoms with Crippen LogP contribution < -0.4 is 10.1 Å². The van der Waals surface area contributed by atoms with Crippen molar-refractivity contribution in [3.63, 3.8) is 0 Å². The number of rotatable bonds is 7. The molecule has 3 heterocycles. The van der Waals surface area contributed by atoms with Gasteiger partial charge in [-0.3, -0.25) is 9.20 Å². The van der Waals surface area contributed by atoms with Gasteiger partial charge in [0.25, 0.3) is 5.91 Å². The van der Waals surface area contributed by atoms with Crippen molar-refractivity contribution < 1.29 is 27.8 Å². The van der Waals surface area contributed by atoms with Crippen LogP contribution in [0.25, 0.3) is 5.65 Å². The van der Waals surface area contributed by atoms with Crippen LogP contribution in [0.4, 0.5) is 8.78 Å². The molecule has 3 aromatic heterocycles. The first-order valence-electron chi connectivity index (χ1n) is 9.64. The average molecular weight is 443 g/mol. The van der Waals surface area contributed by atoms with E-state index in [0.29, 0.717) is 17.2 Å². The van der Waals surface area contributed by atoms with E-state index in [2.05, 4.69) is 20.5 Å². The Balaban J connectivity index is 1.61. The SMILES string of the molecule is Cc1nnc(C(CO)NC(=O)c2c(C)nc3c(OCc4c(F)cccc4F)cccn23)o1. The number of fused-ring (bicyclic) bond motifs is 1. The highest BCUT2D eigenvalue weighted by Crippen LogP contribution is 2.24. The van der Waals surface area contributed by atoms with Gasteiger partial charge >= 0.3 is 0 Å². The van der Waals surface area contributed by atoms with E-state index >= 15 is 0 Å². The Morgan fingerprint density at radius 2 is 1.97 bits per heavy atom. The van der Waals surface area contributed by atoms with Gasteiger partial charge in [0.05, 0.1) is 17.9 Å². The molecule has 4 aromatic rings. The summed E-state index contributed by atoms with van der Waals surface area (Å²) in [5.41, 5.74) is 0.656. The van der Waals surface area contributed by atoms with Crippen LogP contribution in [0, 0.1) is 25.5 Å². The topological polar surface area (TPSA) is 115 Å². The minimum absolute atomic E-state index is 0.0701. The standard InChI is InChI=1S/C21H19F2N5O4/c1-11-18(20(30)25-16(9-29)21-27-26-12(2)32-21)28-8-4-7-17(19(28)24-11)31-10-13-14(22)5-3-6-15(13)23/h3-8,16,29H,9-10H2,1-2H3,(H,25,30). The van der Waals surface area contributed by atoms with Gasteiger partial charge in [-0.15, -0.1) is 10.2 Å². The monoisotopic (exact) mass is 443 g/mol. The highest BCUT2D eigenvalue weighted by Gasteiger charge is 2.25. The molecule has 1 aromatic carbocycles. The maximum atomic E-state index is 13.9. The normalized spacial score (nSPS) is 12.2. The molecule has 32 heavy (non-hydrogen) atoms. The molecule has 0 saturated heterocycles. The number of benzene rings is 1. The zero-order valence-electron chi connectivity index (χ0n) is 17.2. The summed E-state index contributed by atoms with van der Waals surface area (Å²) in [5, 5.41) is 19.8. The number of carbonyl (C=O) groups is 1. The second-order valence-corrected chi connectivity index (χ2v) is 6.97. The van der Waals surface area contributed by atoms with Crippen LogP contribution in [0.2, 0.25) is 0 Å². The van der Waals surface area contributed by atoms with Gasteiger partial charge in [0, 0.05) is 13.1 Å². The third-order valence-electron chi connectivity index (χ3n) is 4.76. The first-order valence-corrected chi connectivity index (χ1v) is 9.64. The van der Waals surface area contributed by atoms with Gasteiger partial charge in [0.1, 0.15) is 30.0 Å². The minimum Gasteiger partial charge on any atom is -0.485 e. The molecule has 0 fully saturated rings. The van der Waals surface area contributed by atoms with Crippen LogP contribution in [0.15, 0.2) is 40.9 Å². The summed E-state index contributed by atoms with van der Waals surface area (Å²) in [7, 11) is 0. The van der Waals surface area contributed by atoms with E-state index in [0.717, 1.165) is 12.1 Å². The van der Waals surface area contributed by atoms with E-state index < -0.39 is 30.2 Å². The Morgan fingerprint density at radius 3 is 2.62 bits per heavy atom. The van der Waals surface area contributed by atoms with E-state index in [4.69, 9.17) is 9.15 Å². The largest absolute Gasteiger partial charge is 0.485 e. The molecule has 1 amide bonds. The van der Waals surface area contributed by atoms with Crippen LogP contribution in [0.1, 0.15) is 39.6 Å². The van der Waals surface area contributed by atoms with Crippen molar-refractivity contribution in [3.8, 4) is 5.75 Å². The maximum Gasteiger partial charge on any atom is 0.270 e. The molecule has 1 atom stereocenters. The lowest BCUT2D eigenvalue weighted by Crippen LogP contribution is -2.32. The number of halogens is 2. The number of pyridine rings is 1. The molecule has 4 rings (SSSR count). The summed E-state index contributed by atoms with van der Waals surface area (Å²) in [6.07, 6.45) is 1.60. The highest BCUT2D eigenvalue weighted by molar-refractivity contribution is 5.95. The number of aliphatic hydroxyl groups excluding tert-OH is 1. The number of amides is 1. The van der Waals surface area contributed by atoms with E-state index in [1.807, 2.05) is 0 Å². The Hall–Kier alpha value is -3.86. The maximum absolute atomic E-state index is 13.9. The molecule has 0 spiro atoms. The molecule has 11 heteroatoms. The van der Waals surface area contributed by atoms with Crippen molar-refractivity contribution in [1.82, 2.24) is 24.9 Å². The quantitative estimate of drug-likeness (QED) is 0.451. The number of aromatic nitrogens is 4. The molecule has 9 nitrogen and oxygen atoms in total. The van der Waals surface area contributed by atoms with Gasteiger partial charge < -0.3 is 19.6 Å². The molecule has 0 aliphatic rings. The first-order chi connectivity index (χ1) is 15.4. The number of carbonyl (C=O) groups excluding carboxylic acids is 1. The first kappa shape index (κ1) is 21.4. The predicted octanol–water partition coefficient (Wildman–Crippen LogP) is 2.65. The summed E-state index contributed by atoms with van der Waals surface area (Å²) in [5.74, 6) is -1.37. The van der Waals surface area contributed by atoms with Crippen molar-refractivity contribution in [3.05, 3.63) is 76.9 Å². The third kappa shape index (κ3) is 4.02. The molecule has 0 radical (unpaired) electrons. The van der Waals surface area contributed by atoms with E-state index in [1.165, 1.54) is 10.5 Å². The lowest BCUT2D eigenvalue weighted by atomic mass is 10.2. The fourth-order valence-electron chi connectivity index (χ4n) is 3.23. The molecule has 0 bridgehead atoms. The van der Waals surface area contributed by atoms with Crippen LogP contribution >= 0.6 is 0 Å². The van der Waals surface area contributed by atoms with Crippen molar-refractivity contribution in [1.29, 1.82) is 0 Å². The minimum atomic E-state index is -0.905. The molecule has 0 saturated carbocycles. The summed E-state index contributed by atoms with van der Waals surface area (Å²) < 4.78 is 40.2. The average Bonchev–Trinajstić information content (AvgIpc) is 3.34. The van der Waals surface area contributed by atoms with Gasteiger partial charge in [0.2, 0.25) is 11.8 Å². The molecule has 0 aliphatic heterocycles. The van der Waals surface area contributed by atoms with Gasteiger partial charge in [-0.2, -0.15) is 0 Å². The van der Waals surface area contributed by atoms with E-state index in [-0.39, 0.29) is 29.5 Å². The number of nitrogens with zero attached hydrogens (tertiary/aromatic N) is 4. The lowest BCUT2D eigenvalue weighted by Gasteiger charge is -2.13. The van der Waals surface area contributed by atoms with Gasteiger partial charge in [-0.05, 0) is 31.2 Å². The molecular weight excluding hydrogens is 424 g/mol. The van der Waals surface area contributed by atoms with Gasteiger partial charge in [-0.25, -0.2) is 13.8 Å². The van der Waals surface area contributed by atoms with Crippen molar-refractivity contribution in [2.24, 2.45) is 0 Å². The number of aliphatic hydroxyl groups is 1. The lowest BCUT2D eigenvalue weighted by molar-refractivity contribution is 0.0897. The van der Waals surface area contributed by atoms with Crippen LogP contribution in [-0.4, -0.2) is 37.2 Å². The van der Waals surface area contributed by atoms with Gasteiger partial charge in [0.15, 0.2) is 11.4 Å². The van der Waals surface area contributed by atoms with Crippen LogP contribution in [-0.2, 0) is 6.61 Å². The summed E-state index contributed by atoms with van der Waals surface area (Å²) >= 11 is 0. The molecule has 0 aliphatic carbocycles. The van der Waals surface area contributed by atoms with Gasteiger partial charge in [-0.1, -0.05) is 6.07 Å². The summed E-state index contributed by atoms with van der Waals surface area (Å²) in [6.45, 7) is 2.42. The molecular formula is C21H19F2N5O4. The fourth-order valence-corrected chi connectivity index (χ4v) is 3.23. The second kappa shape index (κ2) is 8.71. The van der Waals surface area contributed by atoms with Crippen molar-refractivity contribution >= 4 is 11.6 Å². The zero-order valence-corrected chi connectivity index (χ0v) is 17.2. The number of nitrogens with one attached hydrogen (secondary N) is 1. The number of hydrogen-bond acceptors (Lipinski definition) is 7. The number of aryl methyl sites for hydroxylation is 2. The van der Waals surface area contributed by atoms with Crippen LogP contribution in [0.5, 0.6) is 5.75 Å². The van der Waals surface area contributed by atoms with Crippen LogP contribution in [0.3, 0.4) is 0 Å². The highest BCUT2D eigenvalue weighted by atomic mass is 19.1. The number of imidazole rings is 1. The number of hydrogen-bond donors (Lipinski definition) is 2. The smallest absolute Gasteiger partial charge is 0.270 e. The fraction of sp³-hybridized carbons (Fsp3) is 0.238. The van der Waals surface area contributed by atoms with E-state index in [1.54, 1.807) is 32.2 Å². The predicted molar refractivity (Wildman–Crippen MR) is 107 cm³/mol. The Bertz CT molecular complexity index is 1270. The summed E-state index contributed by atoms with van der Waals surface area (Å²) in [6, 6.07) is 5.85. The van der Waals surface area contributed by atoms with Crippen molar-refractivity contribution in [2.45, 2.75) is 26.5 Å². The Kier molecular flexibility index (Phi) is 5.82. The molecule has 166 valence electrons. The third-order valence-corrected chi connectivity index (χ3v) is 4.76. The van der Waals surface area contributed by atoms with Crippen molar-refractivity contribution in [2.75, 3.05) is 6.61 Å². The van der Waals surface area contributed by atoms with E-state index in [9.17, 15) is 18.7 Å². The molecule has 2 N–H and O–H groups in total.